The lowest BCUT2D eigenvalue weighted by molar-refractivity contribution is -0.127. The van der Waals surface area contributed by atoms with Crippen LogP contribution < -0.4 is 10.1 Å². The van der Waals surface area contributed by atoms with Crippen LogP contribution in [0.15, 0.2) is 73.2 Å². The smallest absolute Gasteiger partial charge is 0.224 e. The third-order valence-corrected chi connectivity index (χ3v) is 6.01. The summed E-state index contributed by atoms with van der Waals surface area (Å²) >= 11 is 6.06. The van der Waals surface area contributed by atoms with E-state index in [4.69, 9.17) is 16.3 Å². The van der Waals surface area contributed by atoms with Gasteiger partial charge in [-0.1, -0.05) is 29.8 Å². The normalized spacial score (nSPS) is 15.8. The number of nitrogens with zero attached hydrogens (tertiary/aromatic N) is 3. The minimum Gasteiger partial charge on any atom is -0.492 e. The van der Waals surface area contributed by atoms with Crippen molar-refractivity contribution >= 4 is 17.5 Å². The van der Waals surface area contributed by atoms with E-state index in [-0.39, 0.29) is 17.9 Å². The predicted molar refractivity (Wildman–Crippen MR) is 125 cm³/mol. The fourth-order valence-corrected chi connectivity index (χ4v) is 4.06. The van der Waals surface area contributed by atoms with Crippen LogP contribution in [0.5, 0.6) is 5.75 Å². The predicted octanol–water partition coefficient (Wildman–Crippen LogP) is 4.13. The number of ether oxygens (including phenoxy) is 1. The van der Waals surface area contributed by atoms with Gasteiger partial charge in [-0.05, 0) is 67.9 Å². The van der Waals surface area contributed by atoms with E-state index in [1.165, 1.54) is 0 Å². The number of nitrogens with one attached hydrogen (secondary N) is 1. The molecule has 0 bridgehead atoms. The molecule has 1 amide bonds. The Bertz CT molecular complexity index is 978. The molecule has 2 aromatic heterocycles. The Morgan fingerprint density at radius 3 is 2.50 bits per heavy atom. The van der Waals surface area contributed by atoms with Crippen molar-refractivity contribution in [3.05, 3.63) is 89.5 Å². The second-order valence-electron chi connectivity index (χ2n) is 7.90. The highest BCUT2D eigenvalue weighted by molar-refractivity contribution is 6.30. The van der Waals surface area contributed by atoms with Gasteiger partial charge in [0.25, 0.3) is 0 Å². The van der Waals surface area contributed by atoms with Crippen molar-refractivity contribution in [2.24, 2.45) is 5.92 Å². The summed E-state index contributed by atoms with van der Waals surface area (Å²) < 4.78 is 5.76. The second kappa shape index (κ2) is 11.1. The number of amides is 1. The number of aromatic nitrogens is 2. The van der Waals surface area contributed by atoms with Gasteiger partial charge in [0.2, 0.25) is 5.91 Å². The molecule has 1 aliphatic heterocycles. The van der Waals surface area contributed by atoms with Crippen molar-refractivity contribution in [1.29, 1.82) is 0 Å². The minimum absolute atomic E-state index is 0.00845. The van der Waals surface area contributed by atoms with Crippen LogP contribution in [-0.2, 0) is 4.79 Å². The fourth-order valence-electron chi connectivity index (χ4n) is 3.94. The molecule has 32 heavy (non-hydrogen) atoms. The van der Waals surface area contributed by atoms with E-state index in [2.05, 4.69) is 20.2 Å². The van der Waals surface area contributed by atoms with Crippen molar-refractivity contribution < 1.29 is 9.53 Å². The average Bonchev–Trinajstić information content (AvgIpc) is 2.85. The molecular formula is C25H27ClN4O2. The quantitative estimate of drug-likeness (QED) is 0.559. The van der Waals surface area contributed by atoms with Gasteiger partial charge >= 0.3 is 0 Å². The first kappa shape index (κ1) is 22.2. The largest absolute Gasteiger partial charge is 0.492 e. The highest BCUT2D eigenvalue weighted by Gasteiger charge is 2.27. The molecule has 1 fully saturated rings. The van der Waals surface area contributed by atoms with Crippen molar-refractivity contribution in [3.63, 3.8) is 0 Å². The van der Waals surface area contributed by atoms with Gasteiger partial charge in [-0.3, -0.25) is 19.7 Å². The summed E-state index contributed by atoms with van der Waals surface area (Å²) in [7, 11) is 0. The summed E-state index contributed by atoms with van der Waals surface area (Å²) in [5.74, 6) is 0.895. The van der Waals surface area contributed by atoms with Gasteiger partial charge in [0, 0.05) is 36.1 Å². The summed E-state index contributed by atoms with van der Waals surface area (Å²) in [6.45, 7) is 3.23. The van der Waals surface area contributed by atoms with Crippen LogP contribution in [0, 0.1) is 5.92 Å². The van der Waals surface area contributed by atoms with E-state index in [1.54, 1.807) is 18.6 Å². The molecule has 0 spiro atoms. The molecule has 1 atom stereocenters. The van der Waals surface area contributed by atoms with Crippen molar-refractivity contribution in [2.75, 3.05) is 26.2 Å². The van der Waals surface area contributed by atoms with E-state index >= 15 is 0 Å². The van der Waals surface area contributed by atoms with Crippen molar-refractivity contribution in [2.45, 2.75) is 18.9 Å². The number of carbonyl (C=O) groups excluding carboxylic acids is 1. The molecule has 6 nitrogen and oxygen atoms in total. The SMILES string of the molecule is O=C(NC(c1ccc(Cl)cc1)c1ccccn1)C1CCN(CCOc2ccncc2)CC1. The standard InChI is InChI=1S/C25H27ClN4O2/c26-21-6-4-19(5-7-21)24(23-3-1-2-12-28-23)29-25(31)20-10-15-30(16-11-20)17-18-32-22-8-13-27-14-9-22/h1-9,12-14,20,24H,10-11,15-18H2,(H,29,31). The van der Waals surface area contributed by atoms with Crippen LogP contribution in [0.3, 0.4) is 0 Å². The topological polar surface area (TPSA) is 67.4 Å². The Balaban J connectivity index is 1.31. The number of halogens is 1. The Labute approximate surface area is 193 Å². The van der Waals surface area contributed by atoms with E-state index in [1.807, 2.05) is 54.6 Å². The van der Waals surface area contributed by atoms with Crippen LogP contribution in [0.25, 0.3) is 0 Å². The zero-order valence-corrected chi connectivity index (χ0v) is 18.6. The lowest BCUT2D eigenvalue weighted by Gasteiger charge is -2.32. The first-order valence-corrected chi connectivity index (χ1v) is 11.3. The number of carbonyl (C=O) groups is 1. The molecule has 0 aliphatic carbocycles. The highest BCUT2D eigenvalue weighted by Crippen LogP contribution is 2.24. The molecule has 0 saturated carbocycles. The molecule has 4 rings (SSSR count). The Kier molecular flexibility index (Phi) is 7.69. The maximum atomic E-state index is 13.1. The number of pyridine rings is 2. The molecule has 1 aliphatic rings. The Morgan fingerprint density at radius 1 is 1.06 bits per heavy atom. The summed E-state index contributed by atoms with van der Waals surface area (Å²) in [6.07, 6.45) is 6.85. The molecule has 7 heteroatoms. The van der Waals surface area contributed by atoms with Crippen molar-refractivity contribution in [3.8, 4) is 5.75 Å². The van der Waals surface area contributed by atoms with E-state index in [9.17, 15) is 4.79 Å². The molecule has 1 unspecified atom stereocenters. The van der Waals surface area contributed by atoms with E-state index in [0.29, 0.717) is 11.6 Å². The summed E-state index contributed by atoms with van der Waals surface area (Å²) in [5, 5.41) is 3.89. The van der Waals surface area contributed by atoms with Crippen LogP contribution in [-0.4, -0.2) is 47.0 Å². The van der Waals surface area contributed by atoms with E-state index < -0.39 is 0 Å². The number of likely N-dealkylation sites (tertiary alicyclic amines) is 1. The molecule has 0 radical (unpaired) electrons. The molecule has 166 valence electrons. The monoisotopic (exact) mass is 450 g/mol. The number of piperidine rings is 1. The maximum absolute atomic E-state index is 13.1. The van der Waals surface area contributed by atoms with Gasteiger partial charge in [-0.25, -0.2) is 0 Å². The molecular weight excluding hydrogens is 424 g/mol. The van der Waals surface area contributed by atoms with Gasteiger partial charge in [-0.2, -0.15) is 0 Å². The van der Waals surface area contributed by atoms with Gasteiger partial charge in [0.1, 0.15) is 12.4 Å². The first-order valence-electron chi connectivity index (χ1n) is 10.9. The summed E-state index contributed by atoms with van der Waals surface area (Å²) in [6, 6.07) is 16.7. The molecule has 1 saturated heterocycles. The zero-order chi connectivity index (χ0) is 22.2. The van der Waals surface area contributed by atoms with Crippen LogP contribution >= 0.6 is 11.6 Å². The second-order valence-corrected chi connectivity index (χ2v) is 8.33. The third kappa shape index (κ3) is 6.05. The van der Waals surface area contributed by atoms with Gasteiger partial charge < -0.3 is 10.1 Å². The van der Waals surface area contributed by atoms with Gasteiger partial charge in [-0.15, -0.1) is 0 Å². The lowest BCUT2D eigenvalue weighted by atomic mass is 9.94. The Morgan fingerprint density at radius 2 is 1.81 bits per heavy atom. The van der Waals surface area contributed by atoms with Gasteiger partial charge in [0.15, 0.2) is 0 Å². The number of benzene rings is 1. The fraction of sp³-hybridized carbons (Fsp3) is 0.320. The molecule has 3 heterocycles. The van der Waals surface area contributed by atoms with Crippen LogP contribution in [0.1, 0.15) is 30.1 Å². The molecule has 1 N–H and O–H groups in total. The summed E-state index contributed by atoms with van der Waals surface area (Å²) in [4.78, 5) is 23.9. The molecule has 1 aromatic carbocycles. The molecule has 3 aromatic rings. The number of hydrogen-bond donors (Lipinski definition) is 1. The maximum Gasteiger partial charge on any atom is 0.224 e. The van der Waals surface area contributed by atoms with Crippen LogP contribution in [0.4, 0.5) is 0 Å². The highest BCUT2D eigenvalue weighted by atomic mass is 35.5. The van der Waals surface area contributed by atoms with E-state index in [0.717, 1.165) is 49.5 Å². The van der Waals surface area contributed by atoms with Crippen LogP contribution in [0.2, 0.25) is 5.02 Å². The number of hydrogen-bond acceptors (Lipinski definition) is 5. The third-order valence-electron chi connectivity index (χ3n) is 5.76. The average molecular weight is 451 g/mol. The number of rotatable bonds is 8. The lowest BCUT2D eigenvalue weighted by Crippen LogP contribution is -2.42. The minimum atomic E-state index is -0.298. The Hall–Kier alpha value is -2.96. The van der Waals surface area contributed by atoms with Gasteiger partial charge in [0.05, 0.1) is 11.7 Å². The van der Waals surface area contributed by atoms with Crippen molar-refractivity contribution in [1.82, 2.24) is 20.2 Å². The zero-order valence-electron chi connectivity index (χ0n) is 17.9. The first-order chi connectivity index (χ1) is 15.7. The summed E-state index contributed by atoms with van der Waals surface area (Å²) in [5.41, 5.74) is 1.78.